The summed E-state index contributed by atoms with van der Waals surface area (Å²) in [5, 5.41) is 3.56. The molecule has 1 aromatic carbocycles. The summed E-state index contributed by atoms with van der Waals surface area (Å²) in [6.45, 7) is 6.40. The Morgan fingerprint density at radius 1 is 1.44 bits per heavy atom. The monoisotopic (exact) mass is 269 g/mol. The molecule has 1 amide bonds. The fourth-order valence-corrected chi connectivity index (χ4v) is 1.85. The van der Waals surface area contributed by atoms with E-state index in [4.69, 9.17) is 16.3 Å². The topological polar surface area (TPSA) is 38.3 Å². The lowest BCUT2D eigenvalue weighted by Gasteiger charge is -2.12. The number of amides is 1. The molecule has 0 bridgehead atoms. The lowest BCUT2D eigenvalue weighted by molar-refractivity contribution is -0.121. The summed E-state index contributed by atoms with van der Waals surface area (Å²) in [7, 11) is 1.61. The SMILES string of the molecule is COc1cc(C)c(Cl)cc1CNC(=O)CC(C)C. The molecule has 3 nitrogen and oxygen atoms in total. The zero-order chi connectivity index (χ0) is 13.7. The maximum absolute atomic E-state index is 11.6. The van der Waals surface area contributed by atoms with Gasteiger partial charge in [-0.25, -0.2) is 0 Å². The highest BCUT2D eigenvalue weighted by Crippen LogP contribution is 2.26. The van der Waals surface area contributed by atoms with E-state index in [1.54, 1.807) is 7.11 Å². The highest BCUT2D eigenvalue weighted by molar-refractivity contribution is 6.31. The molecule has 18 heavy (non-hydrogen) atoms. The Hall–Kier alpha value is -1.22. The third-order valence-electron chi connectivity index (χ3n) is 2.63. The molecule has 1 aromatic rings. The van der Waals surface area contributed by atoms with Crippen LogP contribution >= 0.6 is 11.6 Å². The summed E-state index contributed by atoms with van der Waals surface area (Å²) in [5.41, 5.74) is 1.86. The van der Waals surface area contributed by atoms with Gasteiger partial charge in [0.05, 0.1) is 7.11 Å². The van der Waals surface area contributed by atoms with Crippen molar-refractivity contribution in [2.45, 2.75) is 33.7 Å². The molecule has 4 heteroatoms. The maximum atomic E-state index is 11.6. The van der Waals surface area contributed by atoms with Crippen molar-refractivity contribution >= 4 is 17.5 Å². The number of carbonyl (C=O) groups is 1. The van der Waals surface area contributed by atoms with Crippen LogP contribution in [0.2, 0.25) is 5.02 Å². The molecule has 0 aliphatic rings. The Balaban J connectivity index is 2.72. The first kappa shape index (κ1) is 14.8. The van der Waals surface area contributed by atoms with Crippen molar-refractivity contribution in [3.05, 3.63) is 28.3 Å². The van der Waals surface area contributed by atoms with E-state index < -0.39 is 0 Å². The van der Waals surface area contributed by atoms with Crippen LogP contribution in [0.3, 0.4) is 0 Å². The molecule has 0 unspecified atom stereocenters. The molecule has 1 N–H and O–H groups in total. The van der Waals surface area contributed by atoms with Gasteiger partial charge in [-0.3, -0.25) is 4.79 Å². The number of hydrogen-bond acceptors (Lipinski definition) is 2. The van der Waals surface area contributed by atoms with Crippen LogP contribution in [0.1, 0.15) is 31.4 Å². The minimum Gasteiger partial charge on any atom is -0.496 e. The number of ether oxygens (including phenoxy) is 1. The van der Waals surface area contributed by atoms with Gasteiger partial charge >= 0.3 is 0 Å². The molecule has 0 fully saturated rings. The quantitative estimate of drug-likeness (QED) is 0.891. The Morgan fingerprint density at radius 2 is 2.11 bits per heavy atom. The van der Waals surface area contributed by atoms with E-state index in [9.17, 15) is 4.79 Å². The molecule has 0 saturated heterocycles. The third-order valence-corrected chi connectivity index (χ3v) is 3.04. The molecule has 0 saturated carbocycles. The fraction of sp³-hybridized carbons (Fsp3) is 0.500. The van der Waals surface area contributed by atoms with Crippen LogP contribution in [0.15, 0.2) is 12.1 Å². The van der Waals surface area contributed by atoms with Crippen molar-refractivity contribution in [1.82, 2.24) is 5.32 Å². The average molecular weight is 270 g/mol. The van der Waals surface area contributed by atoms with Gasteiger partial charge in [0.15, 0.2) is 0 Å². The van der Waals surface area contributed by atoms with Crippen LogP contribution in [0.25, 0.3) is 0 Å². The lowest BCUT2D eigenvalue weighted by atomic mass is 10.1. The van der Waals surface area contributed by atoms with E-state index in [2.05, 4.69) is 5.32 Å². The van der Waals surface area contributed by atoms with Gasteiger partial charge in [0, 0.05) is 23.6 Å². The predicted molar refractivity (Wildman–Crippen MR) is 74.0 cm³/mol. The van der Waals surface area contributed by atoms with E-state index in [-0.39, 0.29) is 5.91 Å². The van der Waals surface area contributed by atoms with Gasteiger partial charge in [-0.1, -0.05) is 25.4 Å². The normalized spacial score (nSPS) is 10.6. The van der Waals surface area contributed by atoms with Crippen LogP contribution in [-0.4, -0.2) is 13.0 Å². The number of methoxy groups -OCH3 is 1. The summed E-state index contributed by atoms with van der Waals surface area (Å²) in [6, 6.07) is 3.72. The molecule has 0 spiro atoms. The van der Waals surface area contributed by atoms with Crippen LogP contribution in [0, 0.1) is 12.8 Å². The Bertz CT molecular complexity index is 430. The third kappa shape index (κ3) is 4.22. The highest BCUT2D eigenvalue weighted by atomic mass is 35.5. The van der Waals surface area contributed by atoms with E-state index in [1.807, 2.05) is 32.9 Å². The van der Waals surface area contributed by atoms with Crippen LogP contribution in [0.4, 0.5) is 0 Å². The van der Waals surface area contributed by atoms with Crippen molar-refractivity contribution in [3.8, 4) is 5.75 Å². The van der Waals surface area contributed by atoms with Crippen molar-refractivity contribution in [2.75, 3.05) is 7.11 Å². The molecule has 0 heterocycles. The summed E-state index contributed by atoms with van der Waals surface area (Å²) >= 11 is 6.07. The van der Waals surface area contributed by atoms with E-state index >= 15 is 0 Å². The number of aryl methyl sites for hydroxylation is 1. The molecule has 100 valence electrons. The van der Waals surface area contributed by atoms with E-state index in [1.165, 1.54) is 0 Å². The summed E-state index contributed by atoms with van der Waals surface area (Å²) < 4.78 is 5.28. The summed E-state index contributed by atoms with van der Waals surface area (Å²) in [4.78, 5) is 11.6. The lowest BCUT2D eigenvalue weighted by Crippen LogP contribution is -2.24. The molecule has 0 aliphatic heterocycles. The summed E-state index contributed by atoms with van der Waals surface area (Å²) in [5.74, 6) is 1.15. The maximum Gasteiger partial charge on any atom is 0.220 e. The average Bonchev–Trinajstić information content (AvgIpc) is 2.29. The number of rotatable bonds is 5. The number of nitrogens with one attached hydrogen (secondary N) is 1. The van der Waals surface area contributed by atoms with Crippen molar-refractivity contribution in [1.29, 1.82) is 0 Å². The first-order chi connectivity index (χ1) is 8.43. The zero-order valence-corrected chi connectivity index (χ0v) is 12.1. The highest BCUT2D eigenvalue weighted by Gasteiger charge is 2.09. The van der Waals surface area contributed by atoms with Gasteiger partial charge in [-0.15, -0.1) is 0 Å². The zero-order valence-electron chi connectivity index (χ0n) is 11.3. The molecule has 0 aliphatic carbocycles. The Morgan fingerprint density at radius 3 is 2.67 bits per heavy atom. The van der Waals surface area contributed by atoms with Gasteiger partial charge in [0.2, 0.25) is 5.91 Å². The number of carbonyl (C=O) groups excluding carboxylic acids is 1. The smallest absolute Gasteiger partial charge is 0.220 e. The van der Waals surface area contributed by atoms with Crippen LogP contribution < -0.4 is 10.1 Å². The molecule has 0 atom stereocenters. The first-order valence-corrected chi connectivity index (χ1v) is 6.41. The van der Waals surface area contributed by atoms with Gasteiger partial charge in [-0.2, -0.15) is 0 Å². The molecular formula is C14H20ClNO2. The largest absolute Gasteiger partial charge is 0.496 e. The van der Waals surface area contributed by atoms with Crippen molar-refractivity contribution < 1.29 is 9.53 Å². The minimum absolute atomic E-state index is 0.0451. The second kappa shape index (κ2) is 6.64. The second-order valence-corrected chi connectivity index (χ2v) is 5.20. The van der Waals surface area contributed by atoms with Crippen molar-refractivity contribution in [3.63, 3.8) is 0 Å². The Labute approximate surface area is 113 Å². The van der Waals surface area contributed by atoms with Gasteiger partial charge in [0.25, 0.3) is 0 Å². The number of hydrogen-bond donors (Lipinski definition) is 1. The summed E-state index contributed by atoms with van der Waals surface area (Å²) in [6.07, 6.45) is 0.530. The Kier molecular flexibility index (Phi) is 5.48. The van der Waals surface area contributed by atoms with E-state index in [0.717, 1.165) is 16.9 Å². The number of benzene rings is 1. The second-order valence-electron chi connectivity index (χ2n) is 4.79. The first-order valence-electron chi connectivity index (χ1n) is 6.03. The van der Waals surface area contributed by atoms with Crippen LogP contribution in [-0.2, 0) is 11.3 Å². The molecule has 0 aromatic heterocycles. The minimum atomic E-state index is 0.0451. The molecule has 0 radical (unpaired) electrons. The standard InChI is InChI=1S/C14H20ClNO2/c1-9(2)5-14(17)16-8-11-7-12(15)10(3)6-13(11)18-4/h6-7,9H,5,8H2,1-4H3,(H,16,17). The van der Waals surface area contributed by atoms with Crippen molar-refractivity contribution in [2.24, 2.45) is 5.92 Å². The van der Waals surface area contributed by atoms with E-state index in [0.29, 0.717) is 23.9 Å². The van der Waals surface area contributed by atoms with Gasteiger partial charge < -0.3 is 10.1 Å². The molecule has 1 rings (SSSR count). The van der Waals surface area contributed by atoms with Gasteiger partial charge in [-0.05, 0) is 30.5 Å². The number of halogens is 1. The van der Waals surface area contributed by atoms with Crippen LogP contribution in [0.5, 0.6) is 5.75 Å². The molecular weight excluding hydrogens is 250 g/mol. The fourth-order valence-electron chi connectivity index (χ4n) is 1.66. The predicted octanol–water partition coefficient (Wildman–Crippen LogP) is 3.32. The van der Waals surface area contributed by atoms with Gasteiger partial charge in [0.1, 0.15) is 5.75 Å².